The van der Waals surface area contributed by atoms with Crippen molar-refractivity contribution in [3.05, 3.63) is 54.6 Å². The number of rotatable bonds is 4. The summed E-state index contributed by atoms with van der Waals surface area (Å²) in [4.78, 5) is 0.130. The van der Waals surface area contributed by atoms with Gasteiger partial charge in [0.1, 0.15) is 0 Å². The van der Waals surface area contributed by atoms with Crippen LogP contribution in [0.4, 0.5) is 11.4 Å². The van der Waals surface area contributed by atoms with E-state index in [2.05, 4.69) is 4.72 Å². The Balaban J connectivity index is 2.25. The van der Waals surface area contributed by atoms with Crippen LogP contribution in [0.15, 0.2) is 59.5 Å². The smallest absolute Gasteiger partial charge is 0.261 e. The number of nitrogens with one attached hydrogen (secondary N) is 2. The Morgan fingerprint density at radius 1 is 0.833 bits per heavy atom. The lowest BCUT2D eigenvalue weighted by Crippen LogP contribution is -2.12. The summed E-state index contributed by atoms with van der Waals surface area (Å²) in [5.41, 5.74) is 2.87. The quantitative estimate of drug-likeness (QED) is 0.740. The molecule has 0 aliphatic carbocycles. The van der Waals surface area contributed by atoms with Crippen LogP contribution in [0.1, 0.15) is 0 Å². The maximum absolute atomic E-state index is 12.0. The van der Waals surface area contributed by atoms with Crippen molar-refractivity contribution in [2.45, 2.75) is 4.90 Å². The summed E-state index contributed by atoms with van der Waals surface area (Å²) in [6.45, 7) is 0. The number of para-hydroxylation sites is 1. The Hall–Kier alpha value is -2.05. The van der Waals surface area contributed by atoms with Crippen molar-refractivity contribution >= 4 is 21.4 Å². The topological polar surface area (TPSA) is 78.4 Å². The fourth-order valence-corrected chi connectivity index (χ4v) is 2.49. The summed E-state index contributed by atoms with van der Waals surface area (Å²) < 4.78 is 26.5. The second kappa shape index (κ2) is 5.07. The third kappa shape index (κ3) is 2.79. The monoisotopic (exact) mass is 264 g/mol. The maximum Gasteiger partial charge on any atom is 0.261 e. The van der Waals surface area contributed by atoms with Gasteiger partial charge >= 0.3 is 0 Å². The van der Waals surface area contributed by atoms with E-state index in [1.54, 1.807) is 30.3 Å². The van der Waals surface area contributed by atoms with Crippen LogP contribution < -0.4 is 10.2 Å². The molecule has 2 rings (SSSR count). The minimum absolute atomic E-state index is 0.130. The van der Waals surface area contributed by atoms with Crippen molar-refractivity contribution in [2.24, 2.45) is 0 Å². The van der Waals surface area contributed by atoms with E-state index in [-0.39, 0.29) is 4.90 Å². The summed E-state index contributed by atoms with van der Waals surface area (Å²) >= 11 is 0. The minimum atomic E-state index is -3.60. The summed E-state index contributed by atoms with van der Waals surface area (Å²) in [6.07, 6.45) is 0. The molecule has 3 N–H and O–H groups in total. The van der Waals surface area contributed by atoms with Crippen LogP contribution in [0.5, 0.6) is 0 Å². The van der Waals surface area contributed by atoms with Crippen molar-refractivity contribution in [1.29, 1.82) is 0 Å². The molecule has 0 saturated carbocycles. The molecule has 6 heteroatoms. The zero-order valence-corrected chi connectivity index (χ0v) is 10.2. The molecular formula is C12H12N2O3S. The predicted octanol–water partition coefficient (Wildman–Crippen LogP) is 2.29. The summed E-state index contributed by atoms with van der Waals surface area (Å²) in [6, 6.07) is 14.4. The predicted molar refractivity (Wildman–Crippen MR) is 69.1 cm³/mol. The molecule has 5 nitrogen and oxygen atoms in total. The lowest BCUT2D eigenvalue weighted by molar-refractivity contribution is 0.389. The number of hydrogen-bond donors (Lipinski definition) is 3. The minimum Gasteiger partial charge on any atom is -0.291 e. The van der Waals surface area contributed by atoms with Crippen LogP contribution in [-0.2, 0) is 10.0 Å². The van der Waals surface area contributed by atoms with Crippen LogP contribution >= 0.6 is 0 Å². The zero-order valence-electron chi connectivity index (χ0n) is 9.37. The molecule has 0 amide bonds. The van der Waals surface area contributed by atoms with Gasteiger partial charge in [-0.1, -0.05) is 18.2 Å². The van der Waals surface area contributed by atoms with E-state index in [9.17, 15) is 8.42 Å². The van der Waals surface area contributed by atoms with Crippen LogP contribution in [-0.4, -0.2) is 13.6 Å². The first-order chi connectivity index (χ1) is 8.62. The average molecular weight is 264 g/mol. The normalized spacial score (nSPS) is 10.9. The van der Waals surface area contributed by atoms with Crippen molar-refractivity contribution in [1.82, 2.24) is 0 Å². The first-order valence-corrected chi connectivity index (χ1v) is 6.68. The van der Waals surface area contributed by atoms with E-state index in [1.165, 1.54) is 24.3 Å². The van der Waals surface area contributed by atoms with Gasteiger partial charge in [-0.2, -0.15) is 0 Å². The molecule has 0 radical (unpaired) electrons. The second-order valence-corrected chi connectivity index (χ2v) is 5.29. The van der Waals surface area contributed by atoms with Gasteiger partial charge in [0.25, 0.3) is 10.0 Å². The lowest BCUT2D eigenvalue weighted by Gasteiger charge is -2.08. The van der Waals surface area contributed by atoms with Crippen molar-refractivity contribution in [3.8, 4) is 0 Å². The van der Waals surface area contributed by atoms with E-state index >= 15 is 0 Å². The zero-order chi connectivity index (χ0) is 13.0. The summed E-state index contributed by atoms with van der Waals surface area (Å²) in [5.74, 6) is 0. The molecular weight excluding hydrogens is 252 g/mol. The van der Waals surface area contributed by atoms with Crippen LogP contribution in [0.25, 0.3) is 0 Å². The highest BCUT2D eigenvalue weighted by Crippen LogP contribution is 2.17. The molecule has 2 aromatic rings. The molecule has 0 fully saturated rings. The molecule has 0 aliphatic rings. The maximum atomic E-state index is 12.0. The molecule has 18 heavy (non-hydrogen) atoms. The van der Waals surface area contributed by atoms with Gasteiger partial charge in [0, 0.05) is 5.69 Å². The standard InChI is InChI=1S/C12H12N2O3S/c15-13-10-6-8-12(9-7-10)18(16,17)14-11-4-2-1-3-5-11/h1-9,13-15H. The second-order valence-electron chi connectivity index (χ2n) is 3.61. The Labute approximate surface area is 105 Å². The van der Waals surface area contributed by atoms with Gasteiger partial charge in [0.15, 0.2) is 0 Å². The average Bonchev–Trinajstić information content (AvgIpc) is 2.39. The summed E-state index contributed by atoms with van der Waals surface area (Å²) in [5, 5.41) is 8.65. The molecule has 94 valence electrons. The molecule has 0 aromatic heterocycles. The Bertz CT molecular complexity index is 610. The van der Waals surface area contributed by atoms with Gasteiger partial charge in [-0.15, -0.1) is 0 Å². The number of sulfonamides is 1. The van der Waals surface area contributed by atoms with Crippen LogP contribution in [0, 0.1) is 0 Å². The molecule has 0 heterocycles. The molecule has 0 aliphatic heterocycles. The lowest BCUT2D eigenvalue weighted by atomic mass is 10.3. The van der Waals surface area contributed by atoms with Crippen molar-refractivity contribution < 1.29 is 13.6 Å². The highest BCUT2D eigenvalue weighted by atomic mass is 32.2. The summed E-state index contributed by atoms with van der Waals surface area (Å²) in [7, 11) is -3.60. The SMILES string of the molecule is O=S(=O)(Nc1ccccc1)c1ccc(NO)cc1. The van der Waals surface area contributed by atoms with E-state index in [0.29, 0.717) is 11.4 Å². The highest BCUT2D eigenvalue weighted by molar-refractivity contribution is 7.92. The highest BCUT2D eigenvalue weighted by Gasteiger charge is 2.13. The molecule has 0 saturated heterocycles. The third-order valence-corrected chi connectivity index (χ3v) is 3.72. The number of benzene rings is 2. The molecule has 0 bridgehead atoms. The fourth-order valence-electron chi connectivity index (χ4n) is 1.43. The van der Waals surface area contributed by atoms with Gasteiger partial charge in [0.2, 0.25) is 0 Å². The van der Waals surface area contributed by atoms with Crippen LogP contribution in [0.3, 0.4) is 0 Å². The van der Waals surface area contributed by atoms with E-state index in [4.69, 9.17) is 5.21 Å². The first kappa shape index (κ1) is 12.4. The Morgan fingerprint density at radius 3 is 2.00 bits per heavy atom. The molecule has 0 unspecified atom stereocenters. The number of anilines is 2. The fraction of sp³-hybridized carbons (Fsp3) is 0. The Morgan fingerprint density at radius 2 is 1.44 bits per heavy atom. The van der Waals surface area contributed by atoms with Gasteiger partial charge in [-0.05, 0) is 36.4 Å². The van der Waals surface area contributed by atoms with E-state index < -0.39 is 10.0 Å². The van der Waals surface area contributed by atoms with Gasteiger partial charge in [-0.3, -0.25) is 15.4 Å². The van der Waals surface area contributed by atoms with E-state index in [1.807, 2.05) is 5.48 Å². The van der Waals surface area contributed by atoms with Crippen molar-refractivity contribution in [3.63, 3.8) is 0 Å². The number of hydrogen-bond acceptors (Lipinski definition) is 4. The van der Waals surface area contributed by atoms with E-state index in [0.717, 1.165) is 0 Å². The Kier molecular flexibility index (Phi) is 3.50. The first-order valence-electron chi connectivity index (χ1n) is 5.20. The van der Waals surface area contributed by atoms with Gasteiger partial charge in [-0.25, -0.2) is 8.42 Å². The third-order valence-electron chi connectivity index (χ3n) is 2.32. The van der Waals surface area contributed by atoms with Crippen molar-refractivity contribution in [2.75, 3.05) is 10.2 Å². The largest absolute Gasteiger partial charge is 0.291 e. The molecule has 0 spiro atoms. The van der Waals surface area contributed by atoms with Gasteiger partial charge < -0.3 is 0 Å². The molecule has 0 atom stereocenters. The molecule has 2 aromatic carbocycles. The van der Waals surface area contributed by atoms with Crippen LogP contribution in [0.2, 0.25) is 0 Å². The van der Waals surface area contributed by atoms with Gasteiger partial charge in [0.05, 0.1) is 10.6 Å².